The molecule has 7 heteroatoms. The smallest absolute Gasteiger partial charge is 0.341 e. The van der Waals surface area contributed by atoms with Crippen LogP contribution in [0, 0.1) is 12.8 Å². The maximum atomic E-state index is 13.8. The summed E-state index contributed by atoms with van der Waals surface area (Å²) in [5.41, 5.74) is 5.55. The van der Waals surface area contributed by atoms with Crippen LogP contribution in [-0.4, -0.2) is 24.0 Å². The van der Waals surface area contributed by atoms with Gasteiger partial charge in [-0.15, -0.1) is 11.3 Å². The van der Waals surface area contributed by atoms with Crippen LogP contribution in [0.25, 0.3) is 22.2 Å². The molecule has 0 bridgehead atoms. The minimum Gasteiger partial charge on any atom is -0.465 e. The van der Waals surface area contributed by atoms with Crippen molar-refractivity contribution in [2.45, 2.75) is 39.5 Å². The molecular weight excluding hydrogens is 536 g/mol. The number of esters is 1. The molecule has 4 aromatic rings. The first-order chi connectivity index (χ1) is 17.4. The van der Waals surface area contributed by atoms with Crippen molar-refractivity contribution in [1.82, 2.24) is 4.98 Å². The molecule has 1 amide bonds. The summed E-state index contributed by atoms with van der Waals surface area (Å²) in [6.45, 7) is 4.23. The van der Waals surface area contributed by atoms with E-state index in [1.165, 1.54) is 23.3 Å². The molecule has 5 rings (SSSR count). The van der Waals surface area contributed by atoms with E-state index in [1.807, 2.05) is 49.4 Å². The minimum atomic E-state index is -0.402. The monoisotopic (exact) mass is 562 g/mol. The summed E-state index contributed by atoms with van der Waals surface area (Å²) in [5, 5.41) is 4.37. The van der Waals surface area contributed by atoms with Gasteiger partial charge in [0.1, 0.15) is 5.00 Å². The van der Waals surface area contributed by atoms with E-state index in [2.05, 4.69) is 34.2 Å². The van der Waals surface area contributed by atoms with Gasteiger partial charge in [-0.2, -0.15) is 0 Å². The largest absolute Gasteiger partial charge is 0.465 e. The van der Waals surface area contributed by atoms with Gasteiger partial charge in [-0.1, -0.05) is 53.0 Å². The standard InChI is InChI=1S/C29H27BrN2O3S/c1-4-17-8-10-20-25(13-17)36-28(26(20)29(34)35-3)32-27(33)22-15-24(18-7-5-6-16(2)12-18)31-23-11-9-19(30)14-21(22)23/h5-7,9,11-12,14-15,17H,4,8,10,13H2,1-3H3,(H,32,33). The van der Waals surface area contributed by atoms with Crippen LogP contribution >= 0.6 is 27.3 Å². The molecule has 2 aromatic carbocycles. The fraction of sp³-hybridized carbons (Fsp3) is 0.276. The number of nitrogens with zero attached hydrogens (tertiary/aromatic N) is 1. The van der Waals surface area contributed by atoms with Crippen molar-refractivity contribution < 1.29 is 14.3 Å². The van der Waals surface area contributed by atoms with Crippen LogP contribution in [0.3, 0.4) is 0 Å². The van der Waals surface area contributed by atoms with Crippen molar-refractivity contribution in [1.29, 1.82) is 0 Å². The third-order valence-corrected chi connectivity index (χ3v) is 8.55. The Morgan fingerprint density at radius 3 is 2.78 bits per heavy atom. The zero-order valence-corrected chi connectivity index (χ0v) is 22.9. The highest BCUT2D eigenvalue weighted by Crippen LogP contribution is 2.41. The third-order valence-electron chi connectivity index (χ3n) is 6.89. The summed E-state index contributed by atoms with van der Waals surface area (Å²) in [5.74, 6) is -0.0747. The number of carbonyl (C=O) groups is 2. The highest BCUT2D eigenvalue weighted by molar-refractivity contribution is 9.10. The number of nitrogens with one attached hydrogen (secondary N) is 1. The van der Waals surface area contributed by atoms with Gasteiger partial charge in [-0.3, -0.25) is 4.79 Å². The van der Waals surface area contributed by atoms with Gasteiger partial charge in [0, 0.05) is 20.3 Å². The number of rotatable bonds is 5. The quantitative estimate of drug-likeness (QED) is 0.254. The molecule has 1 atom stereocenters. The number of anilines is 1. The average Bonchev–Trinajstić information content (AvgIpc) is 3.24. The van der Waals surface area contributed by atoms with Crippen molar-refractivity contribution in [3.63, 3.8) is 0 Å². The number of hydrogen-bond donors (Lipinski definition) is 1. The summed E-state index contributed by atoms with van der Waals surface area (Å²) < 4.78 is 5.98. The summed E-state index contributed by atoms with van der Waals surface area (Å²) in [6, 6.07) is 15.6. The van der Waals surface area contributed by atoms with Gasteiger partial charge in [-0.25, -0.2) is 9.78 Å². The molecular formula is C29H27BrN2O3S. The number of halogens is 1. The number of hydrogen-bond acceptors (Lipinski definition) is 5. The number of benzene rings is 2. The number of methoxy groups -OCH3 is 1. The topological polar surface area (TPSA) is 68.3 Å². The molecule has 5 nitrogen and oxygen atoms in total. The molecule has 0 spiro atoms. The predicted octanol–water partition coefficient (Wildman–Crippen LogP) is 7.59. The summed E-state index contributed by atoms with van der Waals surface area (Å²) >= 11 is 5.03. The maximum Gasteiger partial charge on any atom is 0.341 e. The van der Waals surface area contributed by atoms with Gasteiger partial charge in [0.05, 0.1) is 29.4 Å². The Morgan fingerprint density at radius 1 is 1.19 bits per heavy atom. The number of pyridine rings is 1. The second kappa shape index (κ2) is 10.1. The molecule has 1 unspecified atom stereocenters. The Bertz CT molecular complexity index is 1490. The molecule has 0 aliphatic heterocycles. The van der Waals surface area contributed by atoms with Crippen LogP contribution in [-0.2, 0) is 17.6 Å². The summed E-state index contributed by atoms with van der Waals surface area (Å²) in [7, 11) is 1.39. The number of thiophene rings is 1. The van der Waals surface area contributed by atoms with Crippen LogP contribution in [0.1, 0.15) is 56.5 Å². The Labute approximate surface area is 223 Å². The van der Waals surface area contributed by atoms with Crippen LogP contribution in [0.4, 0.5) is 5.00 Å². The van der Waals surface area contributed by atoms with Gasteiger partial charge in [0.2, 0.25) is 0 Å². The van der Waals surface area contributed by atoms with Crippen molar-refractivity contribution >= 4 is 55.0 Å². The van der Waals surface area contributed by atoms with E-state index < -0.39 is 5.97 Å². The molecule has 36 heavy (non-hydrogen) atoms. The molecule has 0 saturated carbocycles. The lowest BCUT2D eigenvalue weighted by atomic mass is 9.85. The van der Waals surface area contributed by atoms with E-state index in [-0.39, 0.29) is 5.91 Å². The molecule has 1 aliphatic rings. The van der Waals surface area contributed by atoms with Gasteiger partial charge >= 0.3 is 5.97 Å². The Hall–Kier alpha value is -3.03. The van der Waals surface area contributed by atoms with E-state index in [4.69, 9.17) is 9.72 Å². The van der Waals surface area contributed by atoms with Crippen LogP contribution in [0.5, 0.6) is 0 Å². The maximum absolute atomic E-state index is 13.8. The predicted molar refractivity (Wildman–Crippen MR) is 149 cm³/mol. The summed E-state index contributed by atoms with van der Waals surface area (Å²) in [6.07, 6.45) is 3.90. The molecule has 1 aliphatic carbocycles. The molecule has 0 saturated heterocycles. The van der Waals surface area contributed by atoms with Gasteiger partial charge in [-0.05, 0) is 68.0 Å². The van der Waals surface area contributed by atoms with E-state index in [0.717, 1.165) is 63.4 Å². The number of amides is 1. The lowest BCUT2D eigenvalue weighted by molar-refractivity contribution is 0.0601. The summed E-state index contributed by atoms with van der Waals surface area (Å²) in [4.78, 5) is 32.6. The Morgan fingerprint density at radius 2 is 2.03 bits per heavy atom. The van der Waals surface area contributed by atoms with Crippen molar-refractivity contribution in [3.05, 3.63) is 80.1 Å². The van der Waals surface area contributed by atoms with Gasteiger partial charge < -0.3 is 10.1 Å². The average molecular weight is 564 g/mol. The normalized spacial score (nSPS) is 14.9. The van der Waals surface area contributed by atoms with Gasteiger partial charge in [0.15, 0.2) is 0 Å². The number of carbonyl (C=O) groups excluding carboxylic acids is 2. The molecule has 2 heterocycles. The molecule has 0 radical (unpaired) electrons. The second-order valence-corrected chi connectivity index (χ2v) is 11.3. The van der Waals surface area contributed by atoms with E-state index in [1.54, 1.807) is 0 Å². The van der Waals surface area contributed by atoms with Gasteiger partial charge in [0.25, 0.3) is 5.91 Å². The first-order valence-electron chi connectivity index (χ1n) is 12.1. The Balaban J connectivity index is 1.60. The molecule has 184 valence electrons. The lowest BCUT2D eigenvalue weighted by Gasteiger charge is -2.20. The fourth-order valence-corrected chi connectivity index (χ4v) is 6.62. The van der Waals surface area contributed by atoms with Crippen LogP contribution < -0.4 is 5.32 Å². The first kappa shape index (κ1) is 24.7. The molecule has 2 aromatic heterocycles. The highest BCUT2D eigenvalue weighted by atomic mass is 79.9. The lowest BCUT2D eigenvalue weighted by Crippen LogP contribution is -2.17. The number of fused-ring (bicyclic) bond motifs is 2. The highest BCUT2D eigenvalue weighted by Gasteiger charge is 2.30. The molecule has 0 fully saturated rings. The van der Waals surface area contributed by atoms with E-state index in [0.29, 0.717) is 22.0 Å². The second-order valence-electron chi connectivity index (χ2n) is 9.26. The number of aromatic nitrogens is 1. The van der Waals surface area contributed by atoms with Crippen LogP contribution in [0.15, 0.2) is 53.0 Å². The van der Waals surface area contributed by atoms with Crippen molar-refractivity contribution in [2.24, 2.45) is 5.92 Å². The third kappa shape index (κ3) is 4.70. The molecule has 1 N–H and O–H groups in total. The van der Waals surface area contributed by atoms with Crippen molar-refractivity contribution in [2.75, 3.05) is 12.4 Å². The number of aryl methyl sites for hydroxylation is 1. The van der Waals surface area contributed by atoms with E-state index >= 15 is 0 Å². The zero-order chi connectivity index (χ0) is 25.4. The van der Waals surface area contributed by atoms with E-state index in [9.17, 15) is 9.59 Å². The van der Waals surface area contributed by atoms with Crippen molar-refractivity contribution in [3.8, 4) is 11.3 Å². The first-order valence-corrected chi connectivity index (χ1v) is 13.7. The van der Waals surface area contributed by atoms with Crippen LogP contribution in [0.2, 0.25) is 0 Å². The zero-order valence-electron chi connectivity index (χ0n) is 20.5. The number of ether oxygens (including phenoxy) is 1. The SMILES string of the molecule is CCC1CCc2c(sc(NC(=O)c3cc(-c4cccc(C)c4)nc4ccc(Br)cc34)c2C(=O)OC)C1. The Kier molecular flexibility index (Phi) is 6.95. The minimum absolute atomic E-state index is 0.273. The fourth-order valence-electron chi connectivity index (χ4n) is 4.92.